The van der Waals surface area contributed by atoms with Crippen LogP contribution in [0.1, 0.15) is 0 Å². The van der Waals surface area contributed by atoms with Gasteiger partial charge in [-0.1, -0.05) is 0 Å². The first-order chi connectivity index (χ1) is 6.59. The molecule has 0 aliphatic carbocycles. The highest BCUT2D eigenvalue weighted by atomic mass is 32.2. The second kappa shape index (κ2) is 4.54. The molecule has 0 saturated heterocycles. The first kappa shape index (κ1) is 11.2. The van der Waals surface area contributed by atoms with Crippen LogP contribution in [0.2, 0.25) is 0 Å². The highest BCUT2D eigenvalue weighted by molar-refractivity contribution is 7.89. The molecule has 0 aromatic carbocycles. The molecule has 0 bridgehead atoms. The Morgan fingerprint density at radius 2 is 2.36 bits per heavy atom. The van der Waals surface area contributed by atoms with Crippen molar-refractivity contribution in [2.24, 2.45) is 0 Å². The summed E-state index contributed by atoms with van der Waals surface area (Å²) in [5.41, 5.74) is 0. The van der Waals surface area contributed by atoms with E-state index in [4.69, 9.17) is 0 Å². The molecule has 0 spiro atoms. The third-order valence-electron chi connectivity index (χ3n) is 1.86. The van der Waals surface area contributed by atoms with Gasteiger partial charge in [-0.25, -0.2) is 8.42 Å². The van der Waals surface area contributed by atoms with E-state index in [1.807, 2.05) is 0 Å². The molecule has 0 amide bonds. The number of H-pyrrole nitrogens is 1. The van der Waals surface area contributed by atoms with Crippen LogP contribution < -0.4 is 5.32 Å². The Bertz CT molecular complexity index is 359. The Kier molecular flexibility index (Phi) is 3.62. The smallest absolute Gasteiger partial charge is 0.245 e. The maximum atomic E-state index is 11.7. The van der Waals surface area contributed by atoms with Crippen molar-refractivity contribution >= 4 is 10.0 Å². The number of aromatic nitrogens is 2. The van der Waals surface area contributed by atoms with Crippen LogP contribution in [-0.2, 0) is 10.0 Å². The van der Waals surface area contributed by atoms with E-state index in [2.05, 4.69) is 15.5 Å². The molecule has 0 aliphatic rings. The van der Waals surface area contributed by atoms with Crippen molar-refractivity contribution in [1.82, 2.24) is 19.8 Å². The number of aromatic amines is 1. The number of nitrogens with one attached hydrogen (secondary N) is 2. The van der Waals surface area contributed by atoms with Crippen molar-refractivity contribution in [1.29, 1.82) is 0 Å². The minimum absolute atomic E-state index is 0.191. The van der Waals surface area contributed by atoms with Gasteiger partial charge in [0.25, 0.3) is 0 Å². The molecule has 0 unspecified atom stereocenters. The second-order valence-electron chi connectivity index (χ2n) is 2.86. The number of hydrogen-bond acceptors (Lipinski definition) is 4. The predicted molar refractivity (Wildman–Crippen MR) is 52.3 cm³/mol. The maximum Gasteiger partial charge on any atom is 0.245 e. The summed E-state index contributed by atoms with van der Waals surface area (Å²) < 4.78 is 24.8. The lowest BCUT2D eigenvalue weighted by Gasteiger charge is -2.15. The molecule has 1 heterocycles. The van der Waals surface area contributed by atoms with E-state index in [1.54, 1.807) is 14.1 Å². The first-order valence-electron chi connectivity index (χ1n) is 4.18. The molecular weight excluding hydrogens is 204 g/mol. The van der Waals surface area contributed by atoms with E-state index in [-0.39, 0.29) is 4.90 Å². The van der Waals surface area contributed by atoms with Crippen LogP contribution in [0.4, 0.5) is 0 Å². The molecule has 0 fully saturated rings. The minimum Gasteiger partial charge on any atom is -0.318 e. The van der Waals surface area contributed by atoms with E-state index in [1.165, 1.54) is 16.7 Å². The third kappa shape index (κ3) is 2.31. The van der Waals surface area contributed by atoms with E-state index < -0.39 is 10.0 Å². The topological polar surface area (TPSA) is 78.1 Å². The van der Waals surface area contributed by atoms with Gasteiger partial charge in [-0.3, -0.25) is 5.10 Å². The monoisotopic (exact) mass is 218 g/mol. The van der Waals surface area contributed by atoms with Gasteiger partial charge in [0, 0.05) is 26.3 Å². The normalized spacial score (nSPS) is 12.2. The predicted octanol–water partition coefficient (Wildman–Crippen LogP) is -0.750. The molecule has 7 heteroatoms. The molecule has 0 saturated carbocycles. The summed E-state index contributed by atoms with van der Waals surface area (Å²) in [6.07, 6.45) is 2.66. The summed E-state index contributed by atoms with van der Waals surface area (Å²) in [5.74, 6) is 0. The lowest BCUT2D eigenvalue weighted by molar-refractivity contribution is 0.466. The van der Waals surface area contributed by atoms with Gasteiger partial charge in [0.15, 0.2) is 0 Å². The maximum absolute atomic E-state index is 11.7. The van der Waals surface area contributed by atoms with Gasteiger partial charge in [0.1, 0.15) is 4.90 Å². The van der Waals surface area contributed by atoms with E-state index in [0.29, 0.717) is 13.1 Å². The Morgan fingerprint density at radius 1 is 1.64 bits per heavy atom. The van der Waals surface area contributed by atoms with Crippen molar-refractivity contribution in [2.45, 2.75) is 4.90 Å². The summed E-state index contributed by atoms with van der Waals surface area (Å²) in [7, 11) is -0.0509. The lowest BCUT2D eigenvalue weighted by Crippen LogP contribution is -2.32. The van der Waals surface area contributed by atoms with Crippen LogP contribution in [0, 0.1) is 0 Å². The summed E-state index contributed by atoms with van der Waals surface area (Å²) in [6, 6.07) is 0. The number of likely N-dealkylation sites (N-methyl/N-ethyl adjacent to an activating group) is 2. The summed E-state index contributed by atoms with van der Waals surface area (Å²) in [6.45, 7) is 1.05. The summed E-state index contributed by atoms with van der Waals surface area (Å²) >= 11 is 0. The molecule has 2 N–H and O–H groups in total. The van der Waals surface area contributed by atoms with Crippen molar-refractivity contribution in [3.05, 3.63) is 12.4 Å². The van der Waals surface area contributed by atoms with E-state index >= 15 is 0 Å². The average molecular weight is 218 g/mol. The zero-order chi connectivity index (χ0) is 10.6. The fourth-order valence-corrected chi connectivity index (χ4v) is 2.03. The van der Waals surface area contributed by atoms with Gasteiger partial charge in [-0.15, -0.1) is 0 Å². The van der Waals surface area contributed by atoms with Gasteiger partial charge in [-0.05, 0) is 7.05 Å². The van der Waals surface area contributed by atoms with Gasteiger partial charge in [0.05, 0.1) is 6.20 Å². The van der Waals surface area contributed by atoms with Crippen LogP contribution in [0.15, 0.2) is 17.3 Å². The van der Waals surface area contributed by atoms with Gasteiger partial charge in [0.2, 0.25) is 10.0 Å². The first-order valence-corrected chi connectivity index (χ1v) is 5.62. The van der Waals surface area contributed by atoms with E-state index in [9.17, 15) is 8.42 Å². The molecule has 14 heavy (non-hydrogen) atoms. The van der Waals surface area contributed by atoms with Crippen molar-refractivity contribution in [2.75, 3.05) is 27.2 Å². The zero-order valence-corrected chi connectivity index (χ0v) is 9.00. The number of nitrogens with zero attached hydrogens (tertiary/aromatic N) is 2. The van der Waals surface area contributed by atoms with Gasteiger partial charge < -0.3 is 5.32 Å². The van der Waals surface area contributed by atoms with Crippen molar-refractivity contribution < 1.29 is 8.42 Å². The highest BCUT2D eigenvalue weighted by Gasteiger charge is 2.20. The van der Waals surface area contributed by atoms with Crippen LogP contribution in [-0.4, -0.2) is 50.1 Å². The highest BCUT2D eigenvalue weighted by Crippen LogP contribution is 2.10. The number of hydrogen-bond donors (Lipinski definition) is 2. The van der Waals surface area contributed by atoms with E-state index in [0.717, 1.165) is 0 Å². The summed E-state index contributed by atoms with van der Waals surface area (Å²) in [4.78, 5) is 0.191. The molecule has 80 valence electrons. The van der Waals surface area contributed by atoms with Crippen LogP contribution in [0.5, 0.6) is 0 Å². The zero-order valence-electron chi connectivity index (χ0n) is 8.19. The van der Waals surface area contributed by atoms with Crippen molar-refractivity contribution in [3.8, 4) is 0 Å². The Balaban J connectivity index is 2.76. The van der Waals surface area contributed by atoms with Crippen LogP contribution >= 0.6 is 0 Å². The number of rotatable bonds is 5. The molecule has 1 aromatic heterocycles. The molecule has 0 radical (unpaired) electrons. The van der Waals surface area contributed by atoms with Crippen LogP contribution in [0.25, 0.3) is 0 Å². The Hall–Kier alpha value is -0.920. The molecular formula is C7H14N4O2S. The van der Waals surface area contributed by atoms with Gasteiger partial charge in [-0.2, -0.15) is 9.40 Å². The molecule has 1 rings (SSSR count). The standard InChI is InChI=1S/C7H14N4O2S/c1-8-3-4-11(2)14(12,13)7-5-9-10-6-7/h5-6,8H,3-4H2,1-2H3,(H,9,10). The van der Waals surface area contributed by atoms with Crippen LogP contribution in [0.3, 0.4) is 0 Å². The summed E-state index contributed by atoms with van der Waals surface area (Å²) in [5, 5.41) is 8.97. The second-order valence-corrected chi connectivity index (χ2v) is 4.91. The Labute approximate surface area is 83.4 Å². The molecule has 1 aromatic rings. The third-order valence-corrected chi connectivity index (χ3v) is 3.68. The fraction of sp³-hybridized carbons (Fsp3) is 0.571. The molecule has 0 aliphatic heterocycles. The molecule has 0 atom stereocenters. The van der Waals surface area contributed by atoms with Crippen molar-refractivity contribution in [3.63, 3.8) is 0 Å². The molecule has 6 nitrogen and oxygen atoms in total. The Morgan fingerprint density at radius 3 is 2.86 bits per heavy atom. The largest absolute Gasteiger partial charge is 0.318 e. The fourth-order valence-electron chi connectivity index (χ4n) is 0.949. The van der Waals surface area contributed by atoms with Gasteiger partial charge >= 0.3 is 0 Å². The lowest BCUT2D eigenvalue weighted by atomic mass is 10.6. The quantitative estimate of drug-likeness (QED) is 0.681. The number of sulfonamides is 1. The average Bonchev–Trinajstić information content (AvgIpc) is 2.67. The SMILES string of the molecule is CNCCN(C)S(=O)(=O)c1cn[nH]c1. The minimum atomic E-state index is -3.37.